The number of thiophene rings is 1. The molecule has 0 spiro atoms. The SMILES string of the molecule is CC(NC(=O)c1ccc([N+](=O)[O-])s1)C(=O)O. The minimum absolute atomic E-state index is 0.111. The molecule has 16 heavy (non-hydrogen) atoms. The molecule has 0 aliphatic rings. The number of carboxylic acids is 1. The van der Waals surface area contributed by atoms with Crippen LogP contribution in [0.3, 0.4) is 0 Å². The highest BCUT2D eigenvalue weighted by atomic mass is 32.1. The van der Waals surface area contributed by atoms with E-state index in [0.717, 1.165) is 0 Å². The molecule has 0 saturated carbocycles. The average molecular weight is 244 g/mol. The van der Waals surface area contributed by atoms with Gasteiger partial charge in [0.15, 0.2) is 0 Å². The van der Waals surface area contributed by atoms with Crippen LogP contribution in [0.15, 0.2) is 12.1 Å². The standard InChI is InChI=1S/C8H8N2O5S/c1-4(8(12)13)9-7(11)5-2-3-6(16-5)10(14)15/h2-4H,1H3,(H,9,11)(H,12,13). The van der Waals surface area contributed by atoms with Gasteiger partial charge in [-0.05, 0) is 13.0 Å². The van der Waals surface area contributed by atoms with Crippen LogP contribution in [0.4, 0.5) is 5.00 Å². The van der Waals surface area contributed by atoms with E-state index in [-0.39, 0.29) is 9.88 Å². The molecule has 86 valence electrons. The highest BCUT2D eigenvalue weighted by Crippen LogP contribution is 2.23. The second kappa shape index (κ2) is 4.71. The van der Waals surface area contributed by atoms with Gasteiger partial charge in [0.05, 0.1) is 9.80 Å². The lowest BCUT2D eigenvalue weighted by molar-refractivity contribution is -0.380. The number of hydrogen-bond acceptors (Lipinski definition) is 5. The number of amides is 1. The number of carbonyl (C=O) groups is 2. The summed E-state index contributed by atoms with van der Waals surface area (Å²) < 4.78 is 0. The fourth-order valence-electron chi connectivity index (χ4n) is 0.877. The second-order valence-corrected chi connectivity index (χ2v) is 3.99. The van der Waals surface area contributed by atoms with Crippen molar-refractivity contribution in [2.75, 3.05) is 0 Å². The third-order valence-electron chi connectivity index (χ3n) is 1.71. The number of hydrogen-bond donors (Lipinski definition) is 2. The molecule has 0 aliphatic carbocycles. The smallest absolute Gasteiger partial charge is 0.325 e. The summed E-state index contributed by atoms with van der Waals surface area (Å²) in [7, 11) is 0. The molecule has 0 saturated heterocycles. The lowest BCUT2D eigenvalue weighted by Gasteiger charge is -2.06. The van der Waals surface area contributed by atoms with E-state index < -0.39 is 22.8 Å². The fourth-order valence-corrected chi connectivity index (χ4v) is 1.60. The van der Waals surface area contributed by atoms with Gasteiger partial charge >= 0.3 is 11.0 Å². The number of carboxylic acid groups (broad SMARTS) is 1. The third kappa shape index (κ3) is 2.76. The summed E-state index contributed by atoms with van der Waals surface area (Å²) in [5.41, 5.74) is 0. The maximum atomic E-state index is 11.4. The Morgan fingerprint density at radius 2 is 2.19 bits per heavy atom. The van der Waals surface area contributed by atoms with Crippen LogP contribution in [0.2, 0.25) is 0 Å². The van der Waals surface area contributed by atoms with Gasteiger partial charge in [-0.15, -0.1) is 0 Å². The molecule has 1 amide bonds. The maximum absolute atomic E-state index is 11.4. The summed E-state index contributed by atoms with van der Waals surface area (Å²) in [5, 5.41) is 20.9. The van der Waals surface area contributed by atoms with Gasteiger partial charge in [0.25, 0.3) is 5.91 Å². The lowest BCUT2D eigenvalue weighted by atomic mass is 10.3. The number of rotatable bonds is 4. The molecular formula is C8H8N2O5S. The number of aliphatic carboxylic acids is 1. The minimum atomic E-state index is -1.17. The number of nitrogens with zero attached hydrogens (tertiary/aromatic N) is 1. The predicted molar refractivity (Wildman–Crippen MR) is 55.5 cm³/mol. The van der Waals surface area contributed by atoms with Crippen molar-refractivity contribution in [1.29, 1.82) is 0 Å². The van der Waals surface area contributed by atoms with Crippen LogP contribution in [0, 0.1) is 10.1 Å². The van der Waals surface area contributed by atoms with Gasteiger partial charge in [0.2, 0.25) is 0 Å². The largest absolute Gasteiger partial charge is 0.480 e. The molecule has 0 aliphatic heterocycles. The van der Waals surface area contributed by atoms with E-state index >= 15 is 0 Å². The van der Waals surface area contributed by atoms with E-state index in [4.69, 9.17) is 5.11 Å². The van der Waals surface area contributed by atoms with E-state index in [1.54, 1.807) is 0 Å². The second-order valence-electron chi connectivity index (χ2n) is 2.93. The quantitative estimate of drug-likeness (QED) is 0.603. The summed E-state index contributed by atoms with van der Waals surface area (Å²) in [5.74, 6) is -1.80. The molecule has 0 radical (unpaired) electrons. The maximum Gasteiger partial charge on any atom is 0.325 e. The molecule has 0 fully saturated rings. The van der Waals surface area contributed by atoms with Gasteiger partial charge < -0.3 is 10.4 Å². The predicted octanol–water partition coefficient (Wildman–Crippen LogP) is 0.859. The zero-order chi connectivity index (χ0) is 12.3. The molecule has 0 aromatic carbocycles. The summed E-state index contributed by atoms with van der Waals surface area (Å²) in [6, 6.07) is 1.45. The van der Waals surface area contributed by atoms with Crippen LogP contribution in [0.25, 0.3) is 0 Å². The monoisotopic (exact) mass is 244 g/mol. The minimum Gasteiger partial charge on any atom is -0.480 e. The molecule has 1 rings (SSSR count). The average Bonchev–Trinajstić information content (AvgIpc) is 2.65. The summed E-state index contributed by atoms with van der Waals surface area (Å²) >= 11 is 0.699. The lowest BCUT2D eigenvalue weighted by Crippen LogP contribution is -2.37. The Hall–Kier alpha value is -1.96. The molecule has 1 unspecified atom stereocenters. The van der Waals surface area contributed by atoms with Crippen LogP contribution in [0.5, 0.6) is 0 Å². The Balaban J connectivity index is 2.73. The molecular weight excluding hydrogens is 236 g/mol. The molecule has 8 heteroatoms. The van der Waals surface area contributed by atoms with Crippen molar-refractivity contribution in [3.63, 3.8) is 0 Å². The molecule has 1 atom stereocenters. The molecule has 1 aromatic heterocycles. The zero-order valence-electron chi connectivity index (χ0n) is 8.17. The highest BCUT2D eigenvalue weighted by Gasteiger charge is 2.19. The van der Waals surface area contributed by atoms with Gasteiger partial charge in [-0.2, -0.15) is 0 Å². The first-order valence-corrected chi connectivity index (χ1v) is 5.01. The summed E-state index contributed by atoms with van der Waals surface area (Å²) in [6.45, 7) is 1.31. The van der Waals surface area contributed by atoms with Crippen LogP contribution < -0.4 is 5.32 Å². The van der Waals surface area contributed by atoms with Crippen molar-refractivity contribution >= 4 is 28.2 Å². The topological polar surface area (TPSA) is 110 Å². The number of nitro groups is 1. The van der Waals surface area contributed by atoms with Crippen molar-refractivity contribution in [3.8, 4) is 0 Å². The molecule has 1 heterocycles. The Labute approximate surface area is 93.9 Å². The van der Waals surface area contributed by atoms with Gasteiger partial charge in [0.1, 0.15) is 6.04 Å². The van der Waals surface area contributed by atoms with Crippen LogP contribution in [0.1, 0.15) is 16.6 Å². The van der Waals surface area contributed by atoms with Crippen molar-refractivity contribution in [1.82, 2.24) is 5.32 Å². The van der Waals surface area contributed by atoms with Crippen molar-refractivity contribution in [3.05, 3.63) is 27.1 Å². The molecule has 7 nitrogen and oxygen atoms in total. The summed E-state index contributed by atoms with van der Waals surface area (Å²) in [6.07, 6.45) is 0. The Morgan fingerprint density at radius 3 is 2.62 bits per heavy atom. The van der Waals surface area contributed by atoms with Crippen LogP contribution >= 0.6 is 11.3 Å². The summed E-state index contributed by atoms with van der Waals surface area (Å²) in [4.78, 5) is 31.7. The van der Waals surface area contributed by atoms with Gasteiger partial charge in [-0.25, -0.2) is 0 Å². The van der Waals surface area contributed by atoms with Crippen LogP contribution in [-0.4, -0.2) is 27.9 Å². The Morgan fingerprint density at radius 1 is 1.56 bits per heavy atom. The van der Waals surface area contributed by atoms with E-state index in [2.05, 4.69) is 5.32 Å². The van der Waals surface area contributed by atoms with E-state index in [1.807, 2.05) is 0 Å². The Kier molecular flexibility index (Phi) is 3.56. The number of carbonyl (C=O) groups excluding carboxylic acids is 1. The molecule has 0 bridgehead atoms. The van der Waals surface area contributed by atoms with Crippen molar-refractivity contribution in [2.24, 2.45) is 0 Å². The first-order valence-electron chi connectivity index (χ1n) is 4.19. The van der Waals surface area contributed by atoms with Crippen LogP contribution in [-0.2, 0) is 4.79 Å². The molecule has 2 N–H and O–H groups in total. The van der Waals surface area contributed by atoms with Crippen molar-refractivity contribution in [2.45, 2.75) is 13.0 Å². The fraction of sp³-hybridized carbons (Fsp3) is 0.250. The Bertz CT molecular complexity index is 441. The van der Waals surface area contributed by atoms with Crippen molar-refractivity contribution < 1.29 is 19.6 Å². The zero-order valence-corrected chi connectivity index (χ0v) is 8.98. The molecule has 1 aromatic rings. The van der Waals surface area contributed by atoms with Gasteiger partial charge in [0, 0.05) is 6.07 Å². The normalized spacial score (nSPS) is 11.8. The first-order chi connectivity index (χ1) is 7.41. The van der Waals surface area contributed by atoms with Gasteiger partial charge in [-0.1, -0.05) is 11.3 Å². The number of nitrogens with one attached hydrogen (secondary N) is 1. The van der Waals surface area contributed by atoms with E-state index in [9.17, 15) is 19.7 Å². The van der Waals surface area contributed by atoms with E-state index in [0.29, 0.717) is 11.3 Å². The van der Waals surface area contributed by atoms with E-state index in [1.165, 1.54) is 19.1 Å². The van der Waals surface area contributed by atoms with Gasteiger partial charge in [-0.3, -0.25) is 19.7 Å². The first kappa shape index (κ1) is 12.1. The highest BCUT2D eigenvalue weighted by molar-refractivity contribution is 7.17. The third-order valence-corrected chi connectivity index (χ3v) is 2.75.